The zero-order valence-electron chi connectivity index (χ0n) is 15.7. The molecule has 0 bridgehead atoms. The molecular formula is C22H26N2O3. The molecule has 0 unspecified atom stereocenters. The summed E-state index contributed by atoms with van der Waals surface area (Å²) in [5.74, 6) is -0.0482. The standard InChI is InChI=1S/C22H26N2O3/c1-26-12-11-23-21(25)20-13-22(16-27-20)19-10-6-5-9-18(19)15-24(22)14-17-7-3-2-4-8-17/h2-10,20H,11-16H2,1H3,(H,23,25)/t20-,22-/m0/s1. The summed E-state index contributed by atoms with van der Waals surface area (Å²) in [5, 5.41) is 2.91. The van der Waals surface area contributed by atoms with Crippen molar-refractivity contribution in [1.29, 1.82) is 0 Å². The molecule has 4 rings (SSSR count). The Bertz CT molecular complexity index is 795. The molecule has 2 heterocycles. The van der Waals surface area contributed by atoms with E-state index in [2.05, 4.69) is 58.7 Å². The van der Waals surface area contributed by atoms with Crippen LogP contribution in [0, 0.1) is 0 Å². The summed E-state index contributed by atoms with van der Waals surface area (Å²) in [6.07, 6.45) is 0.252. The third-order valence-electron chi connectivity index (χ3n) is 5.65. The van der Waals surface area contributed by atoms with Gasteiger partial charge in [-0.3, -0.25) is 9.69 Å². The second-order valence-electron chi connectivity index (χ2n) is 7.32. The van der Waals surface area contributed by atoms with Crippen molar-refractivity contribution in [3.8, 4) is 0 Å². The number of ether oxygens (including phenoxy) is 2. The van der Waals surface area contributed by atoms with E-state index in [1.54, 1.807) is 7.11 Å². The molecule has 1 spiro atoms. The fraction of sp³-hybridized carbons (Fsp3) is 0.409. The van der Waals surface area contributed by atoms with Gasteiger partial charge in [-0.2, -0.15) is 0 Å². The lowest BCUT2D eigenvalue weighted by Crippen LogP contribution is -2.42. The van der Waals surface area contributed by atoms with Gasteiger partial charge in [0.05, 0.1) is 18.8 Å². The minimum Gasteiger partial charge on any atom is -0.383 e. The summed E-state index contributed by atoms with van der Waals surface area (Å²) in [7, 11) is 1.63. The molecule has 2 aromatic rings. The zero-order valence-corrected chi connectivity index (χ0v) is 15.7. The number of hydrogen-bond acceptors (Lipinski definition) is 4. The van der Waals surface area contributed by atoms with E-state index in [1.807, 2.05) is 6.07 Å². The largest absolute Gasteiger partial charge is 0.383 e. The average molecular weight is 366 g/mol. The quantitative estimate of drug-likeness (QED) is 0.798. The Morgan fingerprint density at radius 2 is 2.00 bits per heavy atom. The van der Waals surface area contributed by atoms with Crippen molar-refractivity contribution >= 4 is 5.91 Å². The lowest BCUT2D eigenvalue weighted by atomic mass is 9.86. The second-order valence-corrected chi connectivity index (χ2v) is 7.32. The van der Waals surface area contributed by atoms with Gasteiger partial charge >= 0.3 is 0 Å². The van der Waals surface area contributed by atoms with E-state index in [0.717, 1.165) is 13.1 Å². The van der Waals surface area contributed by atoms with Gasteiger partial charge < -0.3 is 14.8 Å². The number of fused-ring (bicyclic) bond motifs is 2. The van der Waals surface area contributed by atoms with Gasteiger partial charge in [-0.05, 0) is 16.7 Å². The maximum Gasteiger partial charge on any atom is 0.249 e. The van der Waals surface area contributed by atoms with Crippen LogP contribution in [0.2, 0.25) is 0 Å². The highest BCUT2D eigenvalue weighted by atomic mass is 16.5. The Morgan fingerprint density at radius 1 is 1.22 bits per heavy atom. The van der Waals surface area contributed by atoms with Crippen LogP contribution in [0.5, 0.6) is 0 Å². The van der Waals surface area contributed by atoms with Gasteiger partial charge in [0.25, 0.3) is 0 Å². The molecule has 2 aliphatic rings. The number of carbonyl (C=O) groups excluding carboxylic acids is 1. The van der Waals surface area contributed by atoms with Gasteiger partial charge in [-0.25, -0.2) is 0 Å². The highest BCUT2D eigenvalue weighted by Crippen LogP contribution is 2.47. The van der Waals surface area contributed by atoms with Crippen molar-refractivity contribution in [2.75, 3.05) is 26.9 Å². The van der Waals surface area contributed by atoms with Gasteiger partial charge in [0.15, 0.2) is 0 Å². The molecule has 27 heavy (non-hydrogen) atoms. The van der Waals surface area contributed by atoms with E-state index in [-0.39, 0.29) is 11.4 Å². The van der Waals surface area contributed by atoms with Crippen LogP contribution < -0.4 is 5.32 Å². The van der Waals surface area contributed by atoms with Gasteiger partial charge in [-0.1, -0.05) is 54.6 Å². The molecule has 1 N–H and O–H groups in total. The van der Waals surface area contributed by atoms with Crippen molar-refractivity contribution in [3.63, 3.8) is 0 Å². The van der Waals surface area contributed by atoms with Crippen LogP contribution in [-0.4, -0.2) is 43.8 Å². The first-order valence-corrected chi connectivity index (χ1v) is 9.48. The summed E-state index contributed by atoms with van der Waals surface area (Å²) < 4.78 is 11.0. The van der Waals surface area contributed by atoms with Crippen LogP contribution in [0.3, 0.4) is 0 Å². The summed E-state index contributed by atoms with van der Waals surface area (Å²) in [6, 6.07) is 19.0. The summed E-state index contributed by atoms with van der Waals surface area (Å²) in [6.45, 7) is 3.28. The van der Waals surface area contributed by atoms with Crippen LogP contribution in [0.4, 0.5) is 0 Å². The van der Waals surface area contributed by atoms with Gasteiger partial charge in [0.2, 0.25) is 5.91 Å². The van der Waals surface area contributed by atoms with Crippen molar-refractivity contribution in [3.05, 3.63) is 71.3 Å². The minimum atomic E-state index is -0.425. The lowest BCUT2D eigenvalue weighted by Gasteiger charge is -2.34. The monoisotopic (exact) mass is 366 g/mol. The number of amides is 1. The fourth-order valence-corrected chi connectivity index (χ4v) is 4.28. The predicted molar refractivity (Wildman–Crippen MR) is 103 cm³/mol. The van der Waals surface area contributed by atoms with Crippen LogP contribution in [0.25, 0.3) is 0 Å². The van der Waals surface area contributed by atoms with Crippen molar-refractivity contribution in [1.82, 2.24) is 10.2 Å². The zero-order chi connectivity index (χ0) is 18.7. The Morgan fingerprint density at radius 3 is 2.81 bits per heavy atom. The van der Waals surface area contributed by atoms with E-state index in [4.69, 9.17) is 9.47 Å². The number of nitrogens with one attached hydrogen (secondary N) is 1. The summed E-state index contributed by atoms with van der Waals surface area (Å²) in [4.78, 5) is 15.0. The number of nitrogens with zero attached hydrogens (tertiary/aromatic N) is 1. The molecular weight excluding hydrogens is 340 g/mol. The molecule has 5 heteroatoms. The molecule has 2 aromatic carbocycles. The van der Waals surface area contributed by atoms with Crippen LogP contribution in [0.1, 0.15) is 23.1 Å². The molecule has 0 aliphatic carbocycles. The van der Waals surface area contributed by atoms with Crippen molar-refractivity contribution in [2.45, 2.75) is 31.2 Å². The molecule has 1 saturated heterocycles. The third kappa shape index (κ3) is 3.50. The molecule has 142 valence electrons. The molecule has 1 amide bonds. The highest BCUT2D eigenvalue weighted by Gasteiger charge is 2.52. The first-order valence-electron chi connectivity index (χ1n) is 9.48. The van der Waals surface area contributed by atoms with Crippen molar-refractivity contribution in [2.24, 2.45) is 0 Å². The van der Waals surface area contributed by atoms with E-state index in [0.29, 0.717) is 26.2 Å². The third-order valence-corrected chi connectivity index (χ3v) is 5.65. The van der Waals surface area contributed by atoms with Gasteiger partial charge in [-0.15, -0.1) is 0 Å². The second kappa shape index (κ2) is 7.80. The SMILES string of the molecule is COCCNC(=O)[C@@H]1C[C@]2(CO1)c1ccccc1CN2Cc1ccccc1. The first-order chi connectivity index (χ1) is 13.2. The first kappa shape index (κ1) is 18.2. The number of carbonyl (C=O) groups is 1. The van der Waals surface area contributed by atoms with Crippen LogP contribution in [-0.2, 0) is 32.9 Å². The average Bonchev–Trinajstić information content (AvgIpc) is 3.27. The van der Waals surface area contributed by atoms with E-state index in [9.17, 15) is 4.79 Å². The van der Waals surface area contributed by atoms with Crippen LogP contribution >= 0.6 is 0 Å². The van der Waals surface area contributed by atoms with E-state index >= 15 is 0 Å². The molecule has 1 fully saturated rings. The summed E-state index contributed by atoms with van der Waals surface area (Å²) >= 11 is 0. The van der Waals surface area contributed by atoms with Gasteiger partial charge in [0.1, 0.15) is 6.10 Å². The van der Waals surface area contributed by atoms with E-state index in [1.165, 1.54) is 16.7 Å². The highest BCUT2D eigenvalue weighted by molar-refractivity contribution is 5.81. The lowest BCUT2D eigenvalue weighted by molar-refractivity contribution is -0.130. The molecule has 0 radical (unpaired) electrons. The predicted octanol–water partition coefficient (Wildman–Crippen LogP) is 2.45. The number of benzene rings is 2. The maximum absolute atomic E-state index is 12.5. The van der Waals surface area contributed by atoms with Crippen molar-refractivity contribution < 1.29 is 14.3 Å². The Balaban J connectivity index is 1.56. The molecule has 0 saturated carbocycles. The van der Waals surface area contributed by atoms with Gasteiger partial charge in [0, 0.05) is 33.2 Å². The molecule has 5 nitrogen and oxygen atoms in total. The minimum absolute atomic E-state index is 0.0482. The Hall–Kier alpha value is -2.21. The summed E-state index contributed by atoms with van der Waals surface area (Å²) in [5.41, 5.74) is 3.67. The maximum atomic E-state index is 12.5. The van der Waals surface area contributed by atoms with Crippen LogP contribution in [0.15, 0.2) is 54.6 Å². The smallest absolute Gasteiger partial charge is 0.249 e. The Labute approximate surface area is 160 Å². The fourth-order valence-electron chi connectivity index (χ4n) is 4.28. The Kier molecular flexibility index (Phi) is 5.25. The number of methoxy groups -OCH3 is 1. The topological polar surface area (TPSA) is 50.8 Å². The number of rotatable bonds is 6. The normalized spacial score (nSPS) is 24.3. The molecule has 0 aromatic heterocycles. The molecule has 2 atom stereocenters. The van der Waals surface area contributed by atoms with E-state index < -0.39 is 6.10 Å². The molecule has 2 aliphatic heterocycles. The number of hydrogen-bond donors (Lipinski definition) is 1.